The second kappa shape index (κ2) is 20.5. The minimum absolute atomic E-state index is 0.0317. The summed E-state index contributed by atoms with van der Waals surface area (Å²) in [6.07, 6.45) is 1.97. The molecule has 1 aliphatic heterocycles. The van der Waals surface area contributed by atoms with E-state index in [0.717, 1.165) is 88.5 Å². The van der Waals surface area contributed by atoms with Gasteiger partial charge in [-0.15, -0.1) is 0 Å². The van der Waals surface area contributed by atoms with E-state index in [0.29, 0.717) is 5.75 Å². The molecule has 0 saturated carbocycles. The molecule has 8 aromatic carbocycles. The zero-order chi connectivity index (χ0) is 57.6. The molecule has 0 atom stereocenters. The number of para-hydroxylation sites is 4. The normalized spacial score (nSPS) is 13.1. The van der Waals surface area contributed by atoms with Gasteiger partial charge in [-0.3, -0.25) is 0 Å². The van der Waals surface area contributed by atoms with Crippen molar-refractivity contribution >= 4 is 45.3 Å². The van der Waals surface area contributed by atoms with E-state index in [1.54, 1.807) is 0 Å². The number of benzene rings is 8. The summed E-state index contributed by atoms with van der Waals surface area (Å²) < 4.78 is 13.1. The number of anilines is 6. The van der Waals surface area contributed by atoms with Crippen molar-refractivity contribution in [3.8, 4) is 45.1 Å². The fourth-order valence-corrected chi connectivity index (χ4v) is 12.2. The molecule has 414 valence electrons. The van der Waals surface area contributed by atoms with Crippen LogP contribution in [-0.2, 0) is 46.4 Å². The molecule has 1 aliphatic rings. The van der Waals surface area contributed by atoms with Crippen LogP contribution in [0.15, 0.2) is 194 Å². The Bertz CT molecular complexity index is 4060. The zero-order valence-corrected chi connectivity index (χ0v) is 52.2. The molecule has 10 aromatic rings. The second-order valence-electron chi connectivity index (χ2n) is 27.1. The van der Waals surface area contributed by atoms with E-state index in [4.69, 9.17) is 9.72 Å². The predicted octanol–water partition coefficient (Wildman–Crippen LogP) is 20.8. The van der Waals surface area contributed by atoms with Crippen LogP contribution in [0.25, 0.3) is 44.7 Å². The fourth-order valence-electron chi connectivity index (χ4n) is 11.1. The van der Waals surface area contributed by atoms with Crippen LogP contribution in [0.5, 0.6) is 11.5 Å². The van der Waals surface area contributed by atoms with Crippen molar-refractivity contribution in [2.24, 2.45) is 0 Å². The van der Waals surface area contributed by atoms with Crippen molar-refractivity contribution in [2.75, 3.05) is 9.80 Å². The topological polar surface area (TPSA) is 38.5 Å². The summed E-state index contributed by atoms with van der Waals surface area (Å²) >= 11 is 2.52. The van der Waals surface area contributed by atoms with Gasteiger partial charge in [0, 0.05) is 17.4 Å². The standard InChI is InChI=1S/C74H77N5O.Pt/c1-70(2,3)49-32-36-64-61(43-49)59-28-19-20-29-63(59)79(69-45-51(38-39-75-69)72(7,8)9)68-47-58(34-35-60(68)62-44-50(71(4,5)6)33-37-65(62)78(64)54-24-17-16-18-25-54)80-57-27-23-26-55(46-57)76-48-77(67-31-22-21-30-66(67)76)56-41-52(73(10,11)12)40-53(42-56)74(13,14)15;/h16-47H,1-15H3;. The van der Waals surface area contributed by atoms with E-state index in [-0.39, 0.29) is 27.1 Å². The summed E-state index contributed by atoms with van der Waals surface area (Å²) in [6, 6.07) is 69.3. The number of aromatic nitrogens is 3. The third kappa shape index (κ3) is 10.7. The van der Waals surface area contributed by atoms with Gasteiger partial charge in [-0.25, -0.2) is 0 Å². The molecule has 0 unspecified atom stereocenters. The van der Waals surface area contributed by atoms with Gasteiger partial charge in [0.25, 0.3) is 0 Å². The van der Waals surface area contributed by atoms with Crippen molar-refractivity contribution in [3.63, 3.8) is 0 Å². The molecule has 0 spiro atoms. The zero-order valence-electron chi connectivity index (χ0n) is 49.9. The van der Waals surface area contributed by atoms with Crippen LogP contribution in [0.4, 0.5) is 34.3 Å². The molecular weight excluding hydrogens is 1170 g/mol. The number of imidazole rings is 1. The average molecular weight is 1250 g/mol. The summed E-state index contributed by atoms with van der Waals surface area (Å²) in [5.41, 5.74) is 19.8. The van der Waals surface area contributed by atoms with Crippen LogP contribution in [0.3, 0.4) is 0 Å². The molecule has 0 N–H and O–H groups in total. The van der Waals surface area contributed by atoms with Gasteiger partial charge in [0.1, 0.15) is 0 Å². The molecule has 3 heterocycles. The van der Waals surface area contributed by atoms with Crippen molar-refractivity contribution in [2.45, 2.75) is 131 Å². The van der Waals surface area contributed by atoms with Crippen LogP contribution < -0.4 is 14.5 Å². The number of fused-ring (bicyclic) bond motifs is 7. The third-order valence-electron chi connectivity index (χ3n) is 15.9. The van der Waals surface area contributed by atoms with E-state index in [1.165, 1.54) is 27.8 Å². The van der Waals surface area contributed by atoms with Gasteiger partial charge >= 0.3 is 287 Å². The molecule has 0 amide bonds. The molecule has 0 bridgehead atoms. The SMILES string of the molecule is CC(C)(C)c1cc(-n2[c](=[Pt])n(-c3cccc(Oc4ccc5c(c4)N(c4cc(C(C)(C)C)ccn4)c4ccccc4-c4cc(C(C)(C)C)ccc4N(c4ccccc4)c4ccc(C(C)(C)C)cc4-5)c3)c3ccccc32)cc(C(C)(C)C)c1. The van der Waals surface area contributed by atoms with Gasteiger partial charge in [0.2, 0.25) is 0 Å². The van der Waals surface area contributed by atoms with E-state index in [1.807, 2.05) is 6.20 Å². The summed E-state index contributed by atoms with van der Waals surface area (Å²) in [6.45, 7) is 34.4. The van der Waals surface area contributed by atoms with Crippen molar-refractivity contribution in [3.05, 3.63) is 226 Å². The van der Waals surface area contributed by atoms with Gasteiger partial charge in [-0.05, 0) is 69.3 Å². The molecule has 0 fully saturated rings. The number of hydrogen-bond acceptors (Lipinski definition) is 4. The van der Waals surface area contributed by atoms with Crippen molar-refractivity contribution < 1.29 is 24.1 Å². The minimum atomic E-state index is -0.140. The van der Waals surface area contributed by atoms with Crippen LogP contribution in [-0.4, -0.2) is 14.1 Å². The Morgan fingerprint density at radius 1 is 0.333 bits per heavy atom. The van der Waals surface area contributed by atoms with Crippen LogP contribution in [0, 0.1) is 3.80 Å². The Kier molecular flexibility index (Phi) is 14.0. The molecule has 7 heteroatoms. The molecule has 81 heavy (non-hydrogen) atoms. The number of nitrogens with zero attached hydrogens (tertiary/aromatic N) is 5. The summed E-state index contributed by atoms with van der Waals surface area (Å²) in [4.78, 5) is 10.2. The maximum absolute atomic E-state index is 7.22. The van der Waals surface area contributed by atoms with Gasteiger partial charge in [-0.2, -0.15) is 0 Å². The number of pyridine rings is 1. The Morgan fingerprint density at radius 2 is 0.815 bits per heavy atom. The Morgan fingerprint density at radius 3 is 1.40 bits per heavy atom. The summed E-state index contributed by atoms with van der Waals surface area (Å²) in [5, 5.41) is 0. The molecular formula is C74H77N5OPt. The maximum atomic E-state index is 7.22. The van der Waals surface area contributed by atoms with Gasteiger partial charge in [0.15, 0.2) is 0 Å². The van der Waals surface area contributed by atoms with Crippen LogP contribution >= 0.6 is 0 Å². The van der Waals surface area contributed by atoms with E-state index < -0.39 is 0 Å². The first kappa shape index (κ1) is 55.4. The van der Waals surface area contributed by atoms with E-state index in [9.17, 15) is 0 Å². The van der Waals surface area contributed by atoms with Gasteiger partial charge in [-0.1, -0.05) is 111 Å². The first-order valence-corrected chi connectivity index (χ1v) is 29.6. The van der Waals surface area contributed by atoms with E-state index >= 15 is 0 Å². The molecule has 11 rings (SSSR count). The number of ether oxygens (including phenoxy) is 1. The molecule has 6 nitrogen and oxygen atoms in total. The first-order valence-electron chi connectivity index (χ1n) is 28.5. The molecule has 0 aliphatic carbocycles. The Hall–Kier alpha value is -7.53. The third-order valence-corrected chi connectivity index (χ3v) is 16.9. The van der Waals surface area contributed by atoms with Crippen molar-refractivity contribution in [1.82, 2.24) is 14.1 Å². The Labute approximate surface area is 492 Å². The number of hydrogen-bond donors (Lipinski definition) is 0. The predicted molar refractivity (Wildman–Crippen MR) is 337 cm³/mol. The van der Waals surface area contributed by atoms with Crippen LogP contribution in [0.1, 0.15) is 132 Å². The number of rotatable bonds is 6. The van der Waals surface area contributed by atoms with Gasteiger partial charge < -0.3 is 4.90 Å². The molecule has 2 aromatic heterocycles. The van der Waals surface area contributed by atoms with Gasteiger partial charge in [0.05, 0.1) is 5.69 Å². The Balaban J connectivity index is 1.16. The van der Waals surface area contributed by atoms with E-state index in [2.05, 4.69) is 330 Å². The van der Waals surface area contributed by atoms with Crippen LogP contribution in [0.2, 0.25) is 0 Å². The first-order chi connectivity index (χ1) is 38.2. The average Bonchev–Trinajstić information content (AvgIpc) is 3.90. The monoisotopic (exact) mass is 1250 g/mol. The van der Waals surface area contributed by atoms with Crippen molar-refractivity contribution in [1.29, 1.82) is 0 Å². The molecule has 0 radical (unpaired) electrons. The quantitative estimate of drug-likeness (QED) is 0.166. The summed E-state index contributed by atoms with van der Waals surface area (Å²) in [7, 11) is 0. The molecule has 0 saturated heterocycles. The summed E-state index contributed by atoms with van der Waals surface area (Å²) in [5.74, 6) is 2.26. The fraction of sp³-hybridized carbons (Fsp3) is 0.270. The second-order valence-corrected chi connectivity index (χ2v) is 28.1.